The summed E-state index contributed by atoms with van der Waals surface area (Å²) >= 11 is 0. The third-order valence-corrected chi connectivity index (χ3v) is 8.47. The monoisotopic (exact) mass is 552 g/mol. The number of hydrogen-bond donors (Lipinski definition) is 3. The molecule has 3 atom stereocenters. The first-order valence-corrected chi connectivity index (χ1v) is 14.3. The van der Waals surface area contributed by atoms with Gasteiger partial charge >= 0.3 is 6.03 Å². The van der Waals surface area contributed by atoms with Crippen molar-refractivity contribution in [3.8, 4) is 0 Å². The predicted octanol–water partition coefficient (Wildman–Crippen LogP) is 5.12. The number of aromatic nitrogens is 2. The third-order valence-electron chi connectivity index (χ3n) is 8.47. The van der Waals surface area contributed by atoms with E-state index >= 15 is 0 Å². The highest BCUT2D eigenvalue weighted by atomic mass is 16.3. The molecule has 9 nitrogen and oxygen atoms in total. The Labute approximate surface area is 239 Å². The summed E-state index contributed by atoms with van der Waals surface area (Å²) in [6.07, 6.45) is 7.32. The van der Waals surface area contributed by atoms with Crippen molar-refractivity contribution in [1.82, 2.24) is 19.8 Å². The second-order valence-electron chi connectivity index (χ2n) is 11.0. The predicted molar refractivity (Wildman–Crippen MR) is 161 cm³/mol. The molecule has 0 radical (unpaired) electrons. The number of anilines is 3. The number of aliphatic hydroxyl groups excluding tert-OH is 1. The van der Waals surface area contributed by atoms with Crippen molar-refractivity contribution in [3.05, 3.63) is 84.2 Å². The van der Waals surface area contributed by atoms with Crippen LogP contribution in [0.1, 0.15) is 48.5 Å². The Morgan fingerprint density at radius 1 is 1.00 bits per heavy atom. The average molecular weight is 553 g/mol. The fourth-order valence-corrected chi connectivity index (χ4v) is 6.43. The number of hydrogen-bond acceptors (Lipinski definition) is 6. The Kier molecular flexibility index (Phi) is 7.47. The van der Waals surface area contributed by atoms with Crippen LogP contribution in [-0.4, -0.2) is 63.3 Å². The summed E-state index contributed by atoms with van der Waals surface area (Å²) in [5.74, 6) is 0.271. The Bertz CT molecular complexity index is 1550. The van der Waals surface area contributed by atoms with Crippen LogP contribution < -0.4 is 15.5 Å². The largest absolute Gasteiger partial charge is 0.393 e. The first-order valence-electron chi connectivity index (χ1n) is 14.3. The number of pyridine rings is 1. The van der Waals surface area contributed by atoms with E-state index in [0.29, 0.717) is 30.0 Å². The molecule has 2 aromatic heterocycles. The topological polar surface area (TPSA) is 103 Å². The molecular formula is C32H36N6O3. The molecule has 9 heteroatoms. The fraction of sp³-hybridized carbons (Fsp3) is 0.344. The molecule has 2 fully saturated rings. The number of carbonyl (C=O) groups is 2. The first-order chi connectivity index (χ1) is 19.9. The third kappa shape index (κ3) is 5.42. The summed E-state index contributed by atoms with van der Waals surface area (Å²) < 4.78 is 1.59. The average Bonchev–Trinajstić information content (AvgIpc) is 3.50. The van der Waals surface area contributed by atoms with Crippen LogP contribution in [0, 0.1) is 0 Å². The molecule has 0 aliphatic carbocycles. The standard InChI is InChI=1S/C32H36N6O3/c1-3-36(24-10-11-29-23(16-24)13-15-37(29)32(41)33-2)27-12-14-34-30(19-27)35-31(40)22-6-4-21(5-7-22)20-38-25-8-9-26(38)18-28(39)17-25/h4-7,10-16,19,25-26,28,39H,3,8-9,17-18,20H2,1-2H3,(H,33,41)(H,34,35,40)/t25-,26?,28-/m1/s1. The molecule has 2 bridgehead atoms. The zero-order chi connectivity index (χ0) is 28.5. The second kappa shape index (κ2) is 11.3. The maximum atomic E-state index is 13.1. The summed E-state index contributed by atoms with van der Waals surface area (Å²) in [6, 6.07) is 20.2. The van der Waals surface area contributed by atoms with Gasteiger partial charge in [0.25, 0.3) is 5.91 Å². The number of nitrogens with zero attached hydrogens (tertiary/aromatic N) is 4. The normalized spacial score (nSPS) is 20.2. The highest BCUT2D eigenvalue weighted by Crippen LogP contribution is 2.37. The Morgan fingerprint density at radius 3 is 2.44 bits per heavy atom. The molecule has 2 aromatic carbocycles. The minimum atomic E-state index is -0.206. The summed E-state index contributed by atoms with van der Waals surface area (Å²) in [4.78, 5) is 34.3. The van der Waals surface area contributed by atoms with Gasteiger partial charge < -0.3 is 20.6 Å². The van der Waals surface area contributed by atoms with Gasteiger partial charge in [0.15, 0.2) is 0 Å². The number of rotatable bonds is 7. The van der Waals surface area contributed by atoms with Crippen LogP contribution in [0.2, 0.25) is 0 Å². The van der Waals surface area contributed by atoms with Crippen molar-refractivity contribution in [3.63, 3.8) is 0 Å². The molecule has 2 aliphatic rings. The summed E-state index contributed by atoms with van der Waals surface area (Å²) in [7, 11) is 1.61. The number of benzene rings is 2. The summed E-state index contributed by atoms with van der Waals surface area (Å²) in [6.45, 7) is 3.62. The van der Waals surface area contributed by atoms with Gasteiger partial charge in [-0.15, -0.1) is 0 Å². The number of piperidine rings is 1. The Hall–Kier alpha value is -4.21. The van der Waals surface area contributed by atoms with Gasteiger partial charge in [-0.05, 0) is 80.6 Å². The number of aliphatic hydroxyl groups is 1. The lowest BCUT2D eigenvalue weighted by molar-refractivity contribution is 0.0310. The van der Waals surface area contributed by atoms with Crippen LogP contribution in [0.25, 0.3) is 10.9 Å². The van der Waals surface area contributed by atoms with Crippen molar-refractivity contribution in [2.45, 2.75) is 57.3 Å². The molecule has 41 heavy (non-hydrogen) atoms. The zero-order valence-corrected chi connectivity index (χ0v) is 23.5. The van der Waals surface area contributed by atoms with E-state index in [1.165, 1.54) is 5.56 Å². The molecule has 2 amide bonds. The molecule has 0 saturated carbocycles. The van der Waals surface area contributed by atoms with Crippen LogP contribution in [-0.2, 0) is 6.54 Å². The minimum absolute atomic E-state index is 0.168. The van der Waals surface area contributed by atoms with Crippen LogP contribution in [0.15, 0.2) is 73.1 Å². The first kappa shape index (κ1) is 27.0. The van der Waals surface area contributed by atoms with Crippen molar-refractivity contribution in [1.29, 1.82) is 0 Å². The van der Waals surface area contributed by atoms with Crippen molar-refractivity contribution < 1.29 is 14.7 Å². The quantitative estimate of drug-likeness (QED) is 0.294. The van der Waals surface area contributed by atoms with E-state index < -0.39 is 0 Å². The number of fused-ring (bicyclic) bond motifs is 3. The SMILES string of the molecule is CCN(c1ccnc(NC(=O)c2ccc(CN3C4CC[C@@H]3C[C@@H](O)C4)cc2)c1)c1ccc2c(ccn2C(=O)NC)c1. The lowest BCUT2D eigenvalue weighted by Crippen LogP contribution is -2.44. The fourth-order valence-electron chi connectivity index (χ4n) is 6.43. The highest BCUT2D eigenvalue weighted by Gasteiger charge is 2.39. The molecule has 3 N–H and O–H groups in total. The van der Waals surface area contributed by atoms with Gasteiger partial charge in [-0.1, -0.05) is 12.1 Å². The molecule has 2 saturated heterocycles. The van der Waals surface area contributed by atoms with Crippen molar-refractivity contribution in [2.24, 2.45) is 0 Å². The van der Waals surface area contributed by atoms with E-state index in [4.69, 9.17) is 0 Å². The van der Waals surface area contributed by atoms with Crippen LogP contribution in [0.5, 0.6) is 0 Å². The summed E-state index contributed by atoms with van der Waals surface area (Å²) in [5.41, 5.74) is 4.47. The van der Waals surface area contributed by atoms with Gasteiger partial charge in [-0.2, -0.15) is 0 Å². The second-order valence-corrected chi connectivity index (χ2v) is 11.0. The number of carbonyl (C=O) groups excluding carboxylic acids is 2. The molecule has 1 unspecified atom stereocenters. The van der Waals surface area contributed by atoms with E-state index in [0.717, 1.165) is 54.5 Å². The van der Waals surface area contributed by atoms with Crippen LogP contribution in [0.3, 0.4) is 0 Å². The lowest BCUT2D eigenvalue weighted by atomic mass is 9.99. The number of nitrogens with one attached hydrogen (secondary N) is 2. The Balaban J connectivity index is 1.14. The number of amides is 2. The van der Waals surface area contributed by atoms with Gasteiger partial charge in [-0.25, -0.2) is 9.78 Å². The molecule has 6 rings (SSSR count). The molecule has 2 aliphatic heterocycles. The van der Waals surface area contributed by atoms with Gasteiger partial charge in [-0.3, -0.25) is 14.3 Å². The maximum absolute atomic E-state index is 13.1. The van der Waals surface area contributed by atoms with E-state index in [2.05, 4.69) is 38.4 Å². The van der Waals surface area contributed by atoms with Gasteiger partial charge in [0, 0.05) is 73.0 Å². The van der Waals surface area contributed by atoms with Crippen LogP contribution in [0.4, 0.5) is 22.0 Å². The van der Waals surface area contributed by atoms with Crippen molar-refractivity contribution >= 4 is 40.0 Å². The Morgan fingerprint density at radius 2 is 1.73 bits per heavy atom. The molecule has 0 spiro atoms. The lowest BCUT2D eigenvalue weighted by Gasteiger charge is -2.37. The minimum Gasteiger partial charge on any atom is -0.393 e. The van der Waals surface area contributed by atoms with E-state index in [-0.39, 0.29) is 18.0 Å². The summed E-state index contributed by atoms with van der Waals surface area (Å²) in [5, 5.41) is 16.6. The molecule has 4 aromatic rings. The smallest absolute Gasteiger partial charge is 0.325 e. The van der Waals surface area contributed by atoms with E-state index in [1.807, 2.05) is 54.6 Å². The van der Waals surface area contributed by atoms with E-state index in [9.17, 15) is 14.7 Å². The van der Waals surface area contributed by atoms with Gasteiger partial charge in [0.1, 0.15) is 5.82 Å². The van der Waals surface area contributed by atoms with Crippen LogP contribution >= 0.6 is 0 Å². The van der Waals surface area contributed by atoms with E-state index in [1.54, 1.807) is 24.0 Å². The molecule has 212 valence electrons. The van der Waals surface area contributed by atoms with Gasteiger partial charge in [0.2, 0.25) is 0 Å². The zero-order valence-electron chi connectivity index (χ0n) is 23.5. The highest BCUT2D eigenvalue weighted by molar-refractivity contribution is 6.04. The maximum Gasteiger partial charge on any atom is 0.325 e. The van der Waals surface area contributed by atoms with Crippen molar-refractivity contribution in [2.75, 3.05) is 23.8 Å². The van der Waals surface area contributed by atoms with Gasteiger partial charge in [0.05, 0.1) is 11.6 Å². The molecule has 4 heterocycles. The molecular weight excluding hydrogens is 516 g/mol.